The number of nitrogens with one attached hydrogen (secondary N) is 1. The summed E-state index contributed by atoms with van der Waals surface area (Å²) in [6, 6.07) is 9.70. The van der Waals surface area contributed by atoms with Crippen molar-refractivity contribution in [3.05, 3.63) is 42.0 Å². The van der Waals surface area contributed by atoms with Crippen molar-refractivity contribution in [2.75, 3.05) is 19.0 Å². The summed E-state index contributed by atoms with van der Waals surface area (Å²) < 4.78 is 0. The fourth-order valence-electron chi connectivity index (χ4n) is 3.66. The van der Waals surface area contributed by atoms with Gasteiger partial charge >= 0.3 is 0 Å². The molecule has 0 spiro atoms. The second-order valence-electron chi connectivity index (χ2n) is 7.35. The Hall–Kier alpha value is -2.89. The predicted octanol–water partition coefficient (Wildman–Crippen LogP) is 3.77. The van der Waals surface area contributed by atoms with Gasteiger partial charge in [-0.2, -0.15) is 0 Å². The van der Waals surface area contributed by atoms with E-state index in [4.69, 9.17) is 0 Å². The van der Waals surface area contributed by atoms with Gasteiger partial charge < -0.3 is 15.3 Å². The van der Waals surface area contributed by atoms with Crippen LogP contribution in [-0.2, 0) is 4.79 Å². The Morgan fingerprint density at radius 1 is 1.18 bits per heavy atom. The summed E-state index contributed by atoms with van der Waals surface area (Å²) in [7, 11) is 3.66. The molecule has 1 aromatic heterocycles. The molecule has 0 atom stereocenters. The van der Waals surface area contributed by atoms with Crippen LogP contribution < -0.4 is 10.2 Å². The quantitative estimate of drug-likeness (QED) is 0.772. The van der Waals surface area contributed by atoms with Gasteiger partial charge in [0.15, 0.2) is 5.82 Å². The number of benzene rings is 1. The van der Waals surface area contributed by atoms with Crippen LogP contribution in [-0.4, -0.2) is 41.3 Å². The van der Waals surface area contributed by atoms with Crippen LogP contribution in [0.25, 0.3) is 16.8 Å². The van der Waals surface area contributed by atoms with Crippen LogP contribution in [0.15, 0.2) is 36.4 Å². The zero-order valence-electron chi connectivity index (χ0n) is 16.8. The zero-order valence-corrected chi connectivity index (χ0v) is 16.8. The number of aromatic nitrogens is 2. The number of aromatic hydroxyl groups is 1. The Balaban J connectivity index is 1.78. The van der Waals surface area contributed by atoms with Gasteiger partial charge in [-0.15, -0.1) is 10.2 Å². The highest BCUT2D eigenvalue weighted by atomic mass is 16.3. The summed E-state index contributed by atoms with van der Waals surface area (Å²) in [4.78, 5) is 13.7. The SMILES string of the molecule is CNC(=O)/C=C(\C)c1ccc(-c2ccc(N(C)C3CCCCC3)nn2)c(O)c1. The number of carbonyl (C=O) groups is 1. The number of allylic oxidation sites excluding steroid dienone is 1. The van der Waals surface area contributed by atoms with Crippen LogP contribution in [0.1, 0.15) is 44.6 Å². The third kappa shape index (κ3) is 4.50. The van der Waals surface area contributed by atoms with Crippen LogP contribution in [0.5, 0.6) is 5.75 Å². The average molecular weight is 380 g/mol. The van der Waals surface area contributed by atoms with Crippen LogP contribution in [0, 0.1) is 0 Å². The van der Waals surface area contributed by atoms with E-state index in [0.29, 0.717) is 17.3 Å². The number of hydrogen-bond acceptors (Lipinski definition) is 5. The molecule has 1 aliphatic rings. The minimum atomic E-state index is -0.176. The van der Waals surface area contributed by atoms with E-state index < -0.39 is 0 Å². The Kier molecular flexibility index (Phi) is 6.29. The maximum atomic E-state index is 11.5. The number of likely N-dealkylation sites (N-methyl/N-ethyl adjacent to an activating group) is 1. The molecule has 2 aromatic rings. The summed E-state index contributed by atoms with van der Waals surface area (Å²) in [6.07, 6.45) is 7.77. The minimum Gasteiger partial charge on any atom is -0.507 e. The maximum absolute atomic E-state index is 11.5. The van der Waals surface area contributed by atoms with Crippen molar-refractivity contribution in [2.24, 2.45) is 0 Å². The summed E-state index contributed by atoms with van der Waals surface area (Å²) in [5.74, 6) is 0.797. The lowest BCUT2D eigenvalue weighted by Gasteiger charge is -2.31. The number of phenols is 1. The maximum Gasteiger partial charge on any atom is 0.244 e. The molecule has 1 aromatic carbocycles. The largest absolute Gasteiger partial charge is 0.507 e. The molecular formula is C22H28N4O2. The van der Waals surface area contributed by atoms with E-state index >= 15 is 0 Å². The molecule has 0 bridgehead atoms. The summed E-state index contributed by atoms with van der Waals surface area (Å²) in [5, 5.41) is 21.7. The monoisotopic (exact) mass is 380 g/mol. The van der Waals surface area contributed by atoms with E-state index in [-0.39, 0.29) is 11.7 Å². The third-order valence-corrected chi connectivity index (χ3v) is 5.46. The lowest BCUT2D eigenvalue weighted by molar-refractivity contribution is -0.116. The normalized spacial score (nSPS) is 15.3. The summed E-state index contributed by atoms with van der Waals surface area (Å²) in [6.45, 7) is 1.83. The van der Waals surface area contributed by atoms with Gasteiger partial charge in [-0.1, -0.05) is 25.3 Å². The van der Waals surface area contributed by atoms with Crippen LogP contribution in [0.4, 0.5) is 5.82 Å². The first-order valence-electron chi connectivity index (χ1n) is 9.80. The smallest absolute Gasteiger partial charge is 0.244 e. The van der Waals surface area contributed by atoms with Crippen LogP contribution in [0.2, 0.25) is 0 Å². The van der Waals surface area contributed by atoms with Gasteiger partial charge in [0.25, 0.3) is 0 Å². The van der Waals surface area contributed by atoms with E-state index in [2.05, 4.69) is 27.5 Å². The molecule has 6 heteroatoms. The Morgan fingerprint density at radius 2 is 1.93 bits per heavy atom. The first kappa shape index (κ1) is 19.9. The van der Waals surface area contributed by atoms with Crippen molar-refractivity contribution in [3.63, 3.8) is 0 Å². The molecule has 3 rings (SSSR count). The zero-order chi connectivity index (χ0) is 20.1. The molecule has 0 aliphatic heterocycles. The molecule has 28 heavy (non-hydrogen) atoms. The molecular weight excluding hydrogens is 352 g/mol. The van der Waals surface area contributed by atoms with Gasteiger partial charge in [0.1, 0.15) is 5.75 Å². The molecule has 148 valence electrons. The Bertz CT molecular complexity index is 855. The third-order valence-electron chi connectivity index (χ3n) is 5.46. The number of rotatable bonds is 5. The predicted molar refractivity (Wildman–Crippen MR) is 112 cm³/mol. The van der Waals surface area contributed by atoms with Gasteiger partial charge in [0, 0.05) is 31.8 Å². The minimum absolute atomic E-state index is 0.116. The second kappa shape index (κ2) is 8.87. The van der Waals surface area contributed by atoms with Crippen molar-refractivity contribution >= 4 is 17.3 Å². The first-order valence-corrected chi connectivity index (χ1v) is 9.80. The van der Waals surface area contributed by atoms with E-state index in [9.17, 15) is 9.90 Å². The van der Waals surface area contributed by atoms with Crippen molar-refractivity contribution in [1.82, 2.24) is 15.5 Å². The Labute approximate surface area is 166 Å². The molecule has 2 N–H and O–H groups in total. The highest BCUT2D eigenvalue weighted by Crippen LogP contribution is 2.31. The van der Waals surface area contributed by atoms with Gasteiger partial charge in [0.2, 0.25) is 5.91 Å². The number of phenolic OH excluding ortho intramolecular Hbond substituents is 1. The van der Waals surface area contributed by atoms with Gasteiger partial charge in [-0.05, 0) is 55.2 Å². The lowest BCUT2D eigenvalue weighted by Crippen LogP contribution is -2.34. The molecule has 1 heterocycles. The molecule has 1 amide bonds. The van der Waals surface area contributed by atoms with Crippen molar-refractivity contribution in [2.45, 2.75) is 45.1 Å². The molecule has 0 radical (unpaired) electrons. The lowest BCUT2D eigenvalue weighted by atomic mass is 9.94. The molecule has 6 nitrogen and oxygen atoms in total. The fraction of sp³-hybridized carbons (Fsp3) is 0.409. The standard InChI is InChI=1S/C22H28N4O2/c1-15(13-22(28)23-2)16-9-10-18(20(27)14-16)19-11-12-21(25-24-19)26(3)17-7-5-4-6-8-17/h9-14,17,27H,4-8H2,1-3H3,(H,23,28)/b15-13+. The molecule has 0 saturated heterocycles. The molecule has 1 fully saturated rings. The number of amides is 1. The number of hydrogen-bond donors (Lipinski definition) is 2. The van der Waals surface area contributed by atoms with Gasteiger partial charge in [-0.25, -0.2) is 0 Å². The van der Waals surface area contributed by atoms with Crippen LogP contribution in [0.3, 0.4) is 0 Å². The Morgan fingerprint density at radius 3 is 2.54 bits per heavy atom. The molecule has 1 saturated carbocycles. The molecule has 0 unspecified atom stereocenters. The number of carbonyl (C=O) groups excluding carboxylic acids is 1. The van der Waals surface area contributed by atoms with E-state index in [0.717, 1.165) is 17.0 Å². The first-order chi connectivity index (χ1) is 13.5. The fourth-order valence-corrected chi connectivity index (χ4v) is 3.66. The second-order valence-corrected chi connectivity index (χ2v) is 7.35. The van der Waals surface area contributed by atoms with Crippen molar-refractivity contribution < 1.29 is 9.90 Å². The van der Waals surface area contributed by atoms with Crippen LogP contribution >= 0.6 is 0 Å². The molecule has 1 aliphatic carbocycles. The highest BCUT2D eigenvalue weighted by Gasteiger charge is 2.19. The van der Waals surface area contributed by atoms with Crippen molar-refractivity contribution in [3.8, 4) is 17.0 Å². The van der Waals surface area contributed by atoms with Gasteiger partial charge in [0.05, 0.1) is 5.69 Å². The highest BCUT2D eigenvalue weighted by molar-refractivity contribution is 5.94. The summed E-state index contributed by atoms with van der Waals surface area (Å²) in [5.41, 5.74) is 2.80. The average Bonchev–Trinajstić information content (AvgIpc) is 2.73. The van der Waals surface area contributed by atoms with Crippen molar-refractivity contribution in [1.29, 1.82) is 0 Å². The van der Waals surface area contributed by atoms with E-state index in [1.807, 2.05) is 25.1 Å². The van der Waals surface area contributed by atoms with E-state index in [1.54, 1.807) is 19.2 Å². The van der Waals surface area contributed by atoms with Gasteiger partial charge in [-0.3, -0.25) is 4.79 Å². The topological polar surface area (TPSA) is 78.4 Å². The van der Waals surface area contributed by atoms with E-state index in [1.165, 1.54) is 38.2 Å². The number of nitrogens with zero attached hydrogens (tertiary/aromatic N) is 3. The number of anilines is 1. The summed E-state index contributed by atoms with van der Waals surface area (Å²) >= 11 is 0.